The van der Waals surface area contributed by atoms with Crippen molar-refractivity contribution in [3.05, 3.63) is 36.2 Å². The van der Waals surface area contributed by atoms with Gasteiger partial charge in [-0.05, 0) is 12.1 Å². The summed E-state index contributed by atoms with van der Waals surface area (Å²) in [4.78, 5) is 17.3. The molecule has 1 saturated heterocycles. The molecule has 0 bridgehead atoms. The van der Waals surface area contributed by atoms with Gasteiger partial charge in [-0.15, -0.1) is 0 Å². The maximum absolute atomic E-state index is 8.97. The molecule has 3 rings (SSSR count). The zero-order chi connectivity index (χ0) is 15.4. The van der Waals surface area contributed by atoms with Crippen LogP contribution in [0.1, 0.15) is 5.56 Å². The Morgan fingerprint density at radius 3 is 2.55 bits per heavy atom. The molecule has 2 aromatic heterocycles. The Morgan fingerprint density at radius 1 is 1.09 bits per heavy atom. The fourth-order valence-corrected chi connectivity index (χ4v) is 2.39. The largest absolute Gasteiger partial charge is 0.481 e. The molecule has 0 atom stereocenters. The second-order valence-corrected chi connectivity index (χ2v) is 4.89. The van der Waals surface area contributed by atoms with Crippen molar-refractivity contribution in [3.63, 3.8) is 0 Å². The summed E-state index contributed by atoms with van der Waals surface area (Å²) in [7, 11) is 1.60. The van der Waals surface area contributed by atoms with Gasteiger partial charge in [0.1, 0.15) is 5.82 Å². The van der Waals surface area contributed by atoms with E-state index in [1.807, 2.05) is 6.07 Å². The molecular formula is C15H16N6O. The van der Waals surface area contributed by atoms with Gasteiger partial charge in [-0.1, -0.05) is 0 Å². The minimum atomic E-state index is 0.566. The van der Waals surface area contributed by atoms with Gasteiger partial charge >= 0.3 is 0 Å². The van der Waals surface area contributed by atoms with Crippen molar-refractivity contribution in [2.75, 3.05) is 43.1 Å². The van der Waals surface area contributed by atoms with E-state index < -0.39 is 0 Å². The predicted molar refractivity (Wildman–Crippen MR) is 82.0 cm³/mol. The van der Waals surface area contributed by atoms with Crippen LogP contribution >= 0.6 is 0 Å². The molecule has 0 aromatic carbocycles. The van der Waals surface area contributed by atoms with E-state index in [9.17, 15) is 0 Å². The Morgan fingerprint density at radius 2 is 1.82 bits per heavy atom. The highest BCUT2D eigenvalue weighted by molar-refractivity contribution is 5.47. The molecule has 0 N–H and O–H groups in total. The van der Waals surface area contributed by atoms with Crippen LogP contribution in [0.2, 0.25) is 0 Å². The molecule has 0 amide bonds. The fraction of sp³-hybridized carbons (Fsp3) is 0.333. The van der Waals surface area contributed by atoms with E-state index in [0.717, 1.165) is 32.0 Å². The number of rotatable bonds is 3. The van der Waals surface area contributed by atoms with Crippen LogP contribution in [0, 0.1) is 11.3 Å². The number of hydrogen-bond donors (Lipinski definition) is 0. The molecule has 7 nitrogen and oxygen atoms in total. The Hall–Kier alpha value is -2.88. The Kier molecular flexibility index (Phi) is 4.01. The summed E-state index contributed by atoms with van der Waals surface area (Å²) >= 11 is 0. The second-order valence-electron chi connectivity index (χ2n) is 4.89. The molecule has 3 heterocycles. The number of anilines is 2. The number of ether oxygens (including phenoxy) is 1. The van der Waals surface area contributed by atoms with Crippen LogP contribution in [0.4, 0.5) is 11.8 Å². The Bertz CT molecular complexity index is 690. The zero-order valence-electron chi connectivity index (χ0n) is 12.3. The molecule has 0 aliphatic carbocycles. The average molecular weight is 296 g/mol. The van der Waals surface area contributed by atoms with Crippen LogP contribution in [0.25, 0.3) is 0 Å². The van der Waals surface area contributed by atoms with Crippen molar-refractivity contribution in [2.24, 2.45) is 0 Å². The van der Waals surface area contributed by atoms with Crippen LogP contribution < -0.4 is 14.5 Å². The first-order valence-electron chi connectivity index (χ1n) is 7.03. The first-order chi connectivity index (χ1) is 10.8. The van der Waals surface area contributed by atoms with Gasteiger partial charge in [-0.25, -0.2) is 9.97 Å². The van der Waals surface area contributed by atoms with Gasteiger partial charge in [-0.2, -0.15) is 10.2 Å². The molecule has 7 heteroatoms. The van der Waals surface area contributed by atoms with Gasteiger partial charge in [0.25, 0.3) is 0 Å². The van der Waals surface area contributed by atoms with Crippen LogP contribution in [0.15, 0.2) is 30.6 Å². The summed E-state index contributed by atoms with van der Waals surface area (Å²) in [6, 6.07) is 7.41. The SMILES string of the molecule is COc1ccnc(N2CCN(c3cc(C#N)ccn3)CC2)n1. The lowest BCUT2D eigenvalue weighted by Gasteiger charge is -2.35. The summed E-state index contributed by atoms with van der Waals surface area (Å²) in [6.07, 6.45) is 3.37. The van der Waals surface area contributed by atoms with E-state index in [-0.39, 0.29) is 0 Å². The van der Waals surface area contributed by atoms with Crippen LogP contribution in [-0.2, 0) is 0 Å². The van der Waals surface area contributed by atoms with Gasteiger partial charge in [0.05, 0.1) is 18.7 Å². The standard InChI is InChI=1S/C15H16N6O/c1-22-14-3-5-18-15(19-14)21-8-6-20(7-9-21)13-10-12(11-16)2-4-17-13/h2-5,10H,6-9H2,1H3. The molecular weight excluding hydrogens is 280 g/mol. The minimum absolute atomic E-state index is 0.566. The number of nitrogens with zero attached hydrogens (tertiary/aromatic N) is 6. The average Bonchev–Trinajstić information content (AvgIpc) is 2.62. The lowest BCUT2D eigenvalue weighted by Crippen LogP contribution is -2.47. The summed E-state index contributed by atoms with van der Waals surface area (Å²) in [5.74, 6) is 2.08. The summed E-state index contributed by atoms with van der Waals surface area (Å²) in [5, 5.41) is 8.97. The molecule has 1 aliphatic heterocycles. The molecule has 22 heavy (non-hydrogen) atoms. The third-order valence-electron chi connectivity index (χ3n) is 3.59. The number of nitriles is 1. The summed E-state index contributed by atoms with van der Waals surface area (Å²) in [6.45, 7) is 3.21. The maximum Gasteiger partial charge on any atom is 0.228 e. The number of piperazine rings is 1. The third kappa shape index (κ3) is 2.91. The summed E-state index contributed by atoms with van der Waals surface area (Å²) < 4.78 is 5.13. The van der Waals surface area contributed by atoms with Crippen molar-refractivity contribution < 1.29 is 4.74 Å². The molecule has 0 saturated carbocycles. The van der Waals surface area contributed by atoms with Gasteiger partial charge in [-0.3, -0.25) is 0 Å². The lowest BCUT2D eigenvalue weighted by molar-refractivity contribution is 0.396. The topological polar surface area (TPSA) is 78.2 Å². The number of methoxy groups -OCH3 is 1. The quantitative estimate of drug-likeness (QED) is 0.838. The van der Waals surface area contributed by atoms with Gasteiger partial charge < -0.3 is 14.5 Å². The fourth-order valence-electron chi connectivity index (χ4n) is 2.39. The smallest absolute Gasteiger partial charge is 0.228 e. The van der Waals surface area contributed by atoms with E-state index in [0.29, 0.717) is 17.4 Å². The van der Waals surface area contributed by atoms with Crippen LogP contribution in [0.5, 0.6) is 5.88 Å². The number of pyridine rings is 1. The van der Waals surface area contributed by atoms with E-state index in [1.165, 1.54) is 0 Å². The van der Waals surface area contributed by atoms with E-state index in [4.69, 9.17) is 10.00 Å². The van der Waals surface area contributed by atoms with Crippen molar-refractivity contribution in [2.45, 2.75) is 0 Å². The highest BCUT2D eigenvalue weighted by atomic mass is 16.5. The zero-order valence-corrected chi connectivity index (χ0v) is 12.3. The van der Waals surface area contributed by atoms with Gasteiger partial charge in [0, 0.05) is 44.6 Å². The highest BCUT2D eigenvalue weighted by Crippen LogP contribution is 2.18. The van der Waals surface area contributed by atoms with Gasteiger partial charge in [0.2, 0.25) is 11.8 Å². The van der Waals surface area contributed by atoms with Crippen LogP contribution in [-0.4, -0.2) is 48.2 Å². The molecule has 2 aromatic rings. The van der Waals surface area contributed by atoms with Crippen molar-refractivity contribution in [1.82, 2.24) is 15.0 Å². The van der Waals surface area contributed by atoms with Crippen LogP contribution in [0.3, 0.4) is 0 Å². The molecule has 112 valence electrons. The van der Waals surface area contributed by atoms with Crippen molar-refractivity contribution in [3.8, 4) is 11.9 Å². The van der Waals surface area contributed by atoms with E-state index >= 15 is 0 Å². The first kappa shape index (κ1) is 14.1. The minimum Gasteiger partial charge on any atom is -0.481 e. The number of aromatic nitrogens is 3. The maximum atomic E-state index is 8.97. The third-order valence-corrected chi connectivity index (χ3v) is 3.59. The normalized spacial score (nSPS) is 14.5. The predicted octanol–water partition coefficient (Wildman–Crippen LogP) is 1.08. The number of hydrogen-bond acceptors (Lipinski definition) is 7. The Balaban J connectivity index is 1.68. The second kappa shape index (κ2) is 6.26. The monoisotopic (exact) mass is 296 g/mol. The van der Waals surface area contributed by atoms with Gasteiger partial charge in [0.15, 0.2) is 0 Å². The van der Waals surface area contributed by atoms with Crippen molar-refractivity contribution >= 4 is 11.8 Å². The first-order valence-corrected chi connectivity index (χ1v) is 7.03. The molecule has 0 unspecified atom stereocenters. The van der Waals surface area contributed by atoms with E-state index in [1.54, 1.807) is 31.6 Å². The molecule has 1 fully saturated rings. The molecule has 0 radical (unpaired) electrons. The highest BCUT2D eigenvalue weighted by Gasteiger charge is 2.20. The molecule has 0 spiro atoms. The summed E-state index contributed by atoms with van der Waals surface area (Å²) in [5.41, 5.74) is 0.628. The Labute approximate surface area is 128 Å². The lowest BCUT2D eigenvalue weighted by atomic mass is 10.2. The van der Waals surface area contributed by atoms with Crippen molar-refractivity contribution in [1.29, 1.82) is 5.26 Å². The molecule has 1 aliphatic rings. The van der Waals surface area contributed by atoms with E-state index in [2.05, 4.69) is 30.8 Å².